The van der Waals surface area contributed by atoms with E-state index in [9.17, 15) is 9.59 Å². The number of hydrogen-bond donors (Lipinski definition) is 2. The third kappa shape index (κ3) is 2.29. The maximum atomic E-state index is 12.1. The number of carbonyl (C=O) groups is 2. The molecule has 3 N–H and O–H groups in total. The second-order valence-electron chi connectivity index (χ2n) is 4.17. The Balaban J connectivity index is 2.22. The number of carbonyl (C=O) groups excluding carboxylic acids is 1. The van der Waals surface area contributed by atoms with Crippen molar-refractivity contribution in [3.63, 3.8) is 0 Å². The Morgan fingerprint density at radius 3 is 2.53 bits per heavy atom. The summed E-state index contributed by atoms with van der Waals surface area (Å²) in [4.78, 5) is 24.5. The number of nitrogens with zero attached hydrogens (tertiary/aromatic N) is 1. The molecule has 0 bridgehead atoms. The maximum Gasteiger partial charge on any atom is 0.326 e. The lowest BCUT2D eigenvalue weighted by atomic mass is 10.1. The van der Waals surface area contributed by atoms with E-state index in [-0.39, 0.29) is 11.9 Å². The lowest BCUT2D eigenvalue weighted by Gasteiger charge is -2.21. The highest BCUT2D eigenvalue weighted by Crippen LogP contribution is 2.19. The van der Waals surface area contributed by atoms with Gasteiger partial charge in [0.1, 0.15) is 6.04 Å². The monoisotopic (exact) mass is 234 g/mol. The molecule has 5 heteroatoms. The molecule has 5 nitrogen and oxygen atoms in total. The van der Waals surface area contributed by atoms with Crippen LogP contribution >= 0.6 is 0 Å². The summed E-state index contributed by atoms with van der Waals surface area (Å²) in [5.74, 6) is -1.27. The molecule has 0 spiro atoms. The lowest BCUT2D eigenvalue weighted by molar-refractivity contribution is -0.141. The van der Waals surface area contributed by atoms with Crippen LogP contribution in [-0.4, -0.2) is 40.5 Å². The van der Waals surface area contributed by atoms with Gasteiger partial charge in [-0.25, -0.2) is 4.79 Å². The van der Waals surface area contributed by atoms with E-state index >= 15 is 0 Å². The summed E-state index contributed by atoms with van der Waals surface area (Å²) in [5.41, 5.74) is 6.21. The number of aliphatic carboxylic acids is 1. The highest BCUT2D eigenvalue weighted by Gasteiger charge is 2.38. The van der Waals surface area contributed by atoms with Crippen molar-refractivity contribution in [1.29, 1.82) is 0 Å². The van der Waals surface area contributed by atoms with Crippen LogP contribution in [0.4, 0.5) is 0 Å². The second kappa shape index (κ2) is 4.55. The molecule has 0 aliphatic carbocycles. The van der Waals surface area contributed by atoms with Gasteiger partial charge in [0.15, 0.2) is 0 Å². The molecule has 1 fully saturated rings. The van der Waals surface area contributed by atoms with Crippen LogP contribution in [0.25, 0.3) is 0 Å². The first kappa shape index (κ1) is 11.6. The van der Waals surface area contributed by atoms with Crippen molar-refractivity contribution in [1.82, 2.24) is 4.90 Å². The number of amides is 1. The van der Waals surface area contributed by atoms with Gasteiger partial charge in [0.05, 0.1) is 0 Å². The molecule has 2 atom stereocenters. The quantitative estimate of drug-likeness (QED) is 0.771. The Kier molecular flexibility index (Phi) is 3.10. The van der Waals surface area contributed by atoms with Crippen molar-refractivity contribution >= 4 is 11.9 Å². The average Bonchev–Trinajstić information content (AvgIpc) is 2.72. The van der Waals surface area contributed by atoms with Gasteiger partial charge < -0.3 is 15.7 Å². The van der Waals surface area contributed by atoms with Crippen molar-refractivity contribution in [3.8, 4) is 0 Å². The third-order valence-corrected chi connectivity index (χ3v) is 2.90. The van der Waals surface area contributed by atoms with Crippen LogP contribution in [0.2, 0.25) is 0 Å². The van der Waals surface area contributed by atoms with Gasteiger partial charge in [-0.2, -0.15) is 0 Å². The number of hydrogen-bond acceptors (Lipinski definition) is 3. The van der Waals surface area contributed by atoms with E-state index in [2.05, 4.69) is 0 Å². The Hall–Kier alpha value is -1.88. The molecule has 1 aromatic carbocycles. The largest absolute Gasteiger partial charge is 0.480 e. The first-order chi connectivity index (χ1) is 8.09. The van der Waals surface area contributed by atoms with Crippen molar-refractivity contribution in [3.05, 3.63) is 35.9 Å². The molecule has 2 unspecified atom stereocenters. The molecule has 1 saturated heterocycles. The van der Waals surface area contributed by atoms with Crippen molar-refractivity contribution in [2.75, 3.05) is 6.54 Å². The van der Waals surface area contributed by atoms with E-state index in [1.807, 2.05) is 0 Å². The summed E-state index contributed by atoms with van der Waals surface area (Å²) in [7, 11) is 0. The summed E-state index contributed by atoms with van der Waals surface area (Å²) in [6.45, 7) is 0.296. The van der Waals surface area contributed by atoms with E-state index < -0.39 is 12.0 Å². The van der Waals surface area contributed by atoms with Crippen molar-refractivity contribution in [2.45, 2.75) is 18.5 Å². The predicted octanol–water partition coefficient (Wildman–Crippen LogP) is 0.313. The molecule has 0 aromatic heterocycles. The summed E-state index contributed by atoms with van der Waals surface area (Å²) < 4.78 is 0. The number of carboxylic acid groups (broad SMARTS) is 1. The van der Waals surface area contributed by atoms with Crippen molar-refractivity contribution < 1.29 is 14.7 Å². The van der Waals surface area contributed by atoms with Gasteiger partial charge in [0, 0.05) is 18.2 Å². The van der Waals surface area contributed by atoms with Crippen LogP contribution in [0.5, 0.6) is 0 Å². The van der Waals surface area contributed by atoms with Crippen LogP contribution in [0.1, 0.15) is 16.8 Å². The van der Waals surface area contributed by atoms with Crippen LogP contribution in [0.3, 0.4) is 0 Å². The summed E-state index contributed by atoms with van der Waals surface area (Å²) in [6.07, 6.45) is 0.313. The van der Waals surface area contributed by atoms with Gasteiger partial charge in [0.25, 0.3) is 5.91 Å². The number of carboxylic acids is 1. The standard InChI is InChI=1S/C12H14N2O3/c13-9-6-10(12(16)17)14(7-9)11(15)8-4-2-1-3-5-8/h1-5,9-10H,6-7,13H2,(H,16,17). The zero-order valence-corrected chi connectivity index (χ0v) is 9.24. The Morgan fingerprint density at radius 1 is 1.29 bits per heavy atom. The molecular weight excluding hydrogens is 220 g/mol. The van der Waals surface area contributed by atoms with Crippen LogP contribution in [-0.2, 0) is 4.79 Å². The number of rotatable bonds is 2. The number of likely N-dealkylation sites (tertiary alicyclic amines) is 1. The first-order valence-electron chi connectivity index (χ1n) is 5.44. The van der Waals surface area contributed by atoms with E-state index in [0.29, 0.717) is 18.5 Å². The summed E-state index contributed by atoms with van der Waals surface area (Å²) in [5, 5.41) is 9.05. The molecule has 1 aliphatic rings. The predicted molar refractivity (Wildman–Crippen MR) is 61.5 cm³/mol. The van der Waals surface area contributed by atoms with Gasteiger partial charge in [-0.1, -0.05) is 18.2 Å². The molecule has 2 rings (SSSR count). The van der Waals surface area contributed by atoms with Gasteiger partial charge in [-0.15, -0.1) is 0 Å². The highest BCUT2D eigenvalue weighted by atomic mass is 16.4. The zero-order valence-electron chi connectivity index (χ0n) is 9.24. The van der Waals surface area contributed by atoms with Crippen LogP contribution in [0, 0.1) is 0 Å². The van der Waals surface area contributed by atoms with E-state index in [1.54, 1.807) is 30.3 Å². The molecule has 1 amide bonds. The van der Waals surface area contributed by atoms with E-state index in [1.165, 1.54) is 4.90 Å². The molecule has 1 aliphatic heterocycles. The first-order valence-corrected chi connectivity index (χ1v) is 5.44. The van der Waals surface area contributed by atoms with Gasteiger partial charge >= 0.3 is 5.97 Å². The van der Waals surface area contributed by atoms with Crippen molar-refractivity contribution in [2.24, 2.45) is 5.73 Å². The molecule has 1 heterocycles. The Labute approximate surface area is 98.8 Å². The van der Waals surface area contributed by atoms with Gasteiger partial charge in [0.2, 0.25) is 0 Å². The Morgan fingerprint density at radius 2 is 1.94 bits per heavy atom. The summed E-state index contributed by atoms with van der Waals surface area (Å²) in [6, 6.07) is 7.58. The fourth-order valence-corrected chi connectivity index (χ4v) is 2.07. The molecule has 1 aromatic rings. The second-order valence-corrected chi connectivity index (χ2v) is 4.17. The minimum absolute atomic E-state index is 0.260. The van der Waals surface area contributed by atoms with E-state index in [0.717, 1.165) is 0 Å². The molecule has 0 saturated carbocycles. The van der Waals surface area contributed by atoms with Gasteiger partial charge in [-0.3, -0.25) is 4.79 Å². The number of benzene rings is 1. The van der Waals surface area contributed by atoms with Crippen LogP contribution < -0.4 is 5.73 Å². The molecular formula is C12H14N2O3. The smallest absolute Gasteiger partial charge is 0.326 e. The van der Waals surface area contributed by atoms with Gasteiger partial charge in [-0.05, 0) is 18.6 Å². The normalized spacial score (nSPS) is 23.7. The highest BCUT2D eigenvalue weighted by molar-refractivity contribution is 5.97. The minimum Gasteiger partial charge on any atom is -0.480 e. The van der Waals surface area contributed by atoms with E-state index in [4.69, 9.17) is 10.8 Å². The lowest BCUT2D eigenvalue weighted by Crippen LogP contribution is -2.40. The molecule has 90 valence electrons. The number of nitrogens with two attached hydrogens (primary N) is 1. The fourth-order valence-electron chi connectivity index (χ4n) is 2.07. The van der Waals surface area contributed by atoms with Crippen LogP contribution in [0.15, 0.2) is 30.3 Å². The Bertz CT molecular complexity index is 433. The maximum absolute atomic E-state index is 12.1. The SMILES string of the molecule is NC1CC(C(=O)O)N(C(=O)c2ccccc2)C1. The zero-order chi connectivity index (χ0) is 12.4. The average molecular weight is 234 g/mol. The molecule has 17 heavy (non-hydrogen) atoms. The topological polar surface area (TPSA) is 83.6 Å². The molecule has 0 radical (unpaired) electrons. The summed E-state index contributed by atoms with van der Waals surface area (Å²) >= 11 is 0. The fraction of sp³-hybridized carbons (Fsp3) is 0.333. The third-order valence-electron chi connectivity index (χ3n) is 2.90. The minimum atomic E-state index is -0.998.